The van der Waals surface area contributed by atoms with E-state index in [-0.39, 0.29) is 11.5 Å². The lowest BCUT2D eigenvalue weighted by molar-refractivity contribution is -0.384. The van der Waals surface area contributed by atoms with E-state index in [0.29, 0.717) is 17.6 Å². The highest BCUT2D eigenvalue weighted by atomic mass is 16.6. The van der Waals surface area contributed by atoms with E-state index in [9.17, 15) is 14.9 Å². The summed E-state index contributed by atoms with van der Waals surface area (Å²) in [7, 11) is 0. The number of ketones is 1. The normalized spacial score (nSPS) is 18.1. The van der Waals surface area contributed by atoms with E-state index in [4.69, 9.17) is 0 Å². The number of Topliss-reactive ketones (excluding diaryl/α,β-unsaturated/α-hetero) is 1. The molecule has 0 aromatic heterocycles. The summed E-state index contributed by atoms with van der Waals surface area (Å²) in [5.74, 6) is 0.0385. The first-order valence-corrected chi connectivity index (χ1v) is 7.89. The summed E-state index contributed by atoms with van der Waals surface area (Å²) in [5, 5.41) is 10.9. The summed E-state index contributed by atoms with van der Waals surface area (Å²) in [6, 6.07) is 16.1. The van der Waals surface area contributed by atoms with E-state index in [1.54, 1.807) is 18.2 Å². The number of hydrogen-bond donors (Lipinski definition) is 0. The Bertz CT molecular complexity index is 835. The van der Waals surface area contributed by atoms with Crippen LogP contribution in [-0.2, 0) is 4.79 Å². The molecule has 0 spiro atoms. The molecule has 2 aromatic carbocycles. The molecule has 0 heterocycles. The minimum Gasteiger partial charge on any atom is -0.289 e. The number of nitrogens with zero attached hydrogens (tertiary/aromatic N) is 1. The Morgan fingerprint density at radius 1 is 0.875 bits per heavy atom. The Morgan fingerprint density at radius 3 is 2.17 bits per heavy atom. The van der Waals surface area contributed by atoms with Crippen molar-refractivity contribution < 1.29 is 9.72 Å². The number of nitro benzene ring substituents is 1. The molecule has 0 unspecified atom stereocenters. The summed E-state index contributed by atoms with van der Waals surface area (Å²) in [5.41, 5.74) is 3.24. The third kappa shape index (κ3) is 3.66. The lowest BCUT2D eigenvalue weighted by atomic mass is 9.87. The van der Waals surface area contributed by atoms with Crippen molar-refractivity contribution >= 4 is 23.6 Å². The molecule has 24 heavy (non-hydrogen) atoms. The van der Waals surface area contributed by atoms with E-state index in [2.05, 4.69) is 0 Å². The number of benzene rings is 2. The second-order valence-electron chi connectivity index (χ2n) is 5.78. The van der Waals surface area contributed by atoms with Crippen molar-refractivity contribution in [2.24, 2.45) is 0 Å². The predicted molar refractivity (Wildman–Crippen MR) is 94.4 cm³/mol. The first-order valence-electron chi connectivity index (χ1n) is 7.89. The molecule has 0 amide bonds. The Morgan fingerprint density at radius 2 is 1.50 bits per heavy atom. The van der Waals surface area contributed by atoms with E-state index >= 15 is 0 Å². The van der Waals surface area contributed by atoms with Gasteiger partial charge in [0.15, 0.2) is 5.78 Å². The third-order valence-electron chi connectivity index (χ3n) is 4.04. The van der Waals surface area contributed by atoms with Crippen LogP contribution in [0.3, 0.4) is 0 Å². The van der Waals surface area contributed by atoms with Crippen LogP contribution in [0.5, 0.6) is 0 Å². The summed E-state index contributed by atoms with van der Waals surface area (Å²) < 4.78 is 0. The van der Waals surface area contributed by atoms with Crippen molar-refractivity contribution in [1.82, 2.24) is 0 Å². The Balaban J connectivity index is 1.89. The number of non-ortho nitro benzene ring substituents is 1. The van der Waals surface area contributed by atoms with Gasteiger partial charge in [0.25, 0.3) is 5.69 Å². The summed E-state index contributed by atoms with van der Waals surface area (Å²) >= 11 is 0. The zero-order valence-electron chi connectivity index (χ0n) is 13.1. The second-order valence-corrected chi connectivity index (χ2v) is 5.78. The zero-order valence-corrected chi connectivity index (χ0v) is 13.1. The molecular weight excluding hydrogens is 302 g/mol. The maximum absolute atomic E-state index is 12.7. The Kier molecular flexibility index (Phi) is 4.66. The van der Waals surface area contributed by atoms with Crippen LogP contribution >= 0.6 is 0 Å². The quantitative estimate of drug-likeness (QED) is 0.463. The average molecular weight is 319 g/mol. The van der Waals surface area contributed by atoms with Gasteiger partial charge in [0.05, 0.1) is 4.92 Å². The van der Waals surface area contributed by atoms with Crippen molar-refractivity contribution in [3.63, 3.8) is 0 Å². The van der Waals surface area contributed by atoms with Crippen molar-refractivity contribution in [3.05, 3.63) is 87.0 Å². The Hall–Kier alpha value is -3.01. The van der Waals surface area contributed by atoms with Crippen molar-refractivity contribution in [2.45, 2.75) is 19.3 Å². The predicted octanol–water partition coefficient (Wildman–Crippen LogP) is 4.81. The van der Waals surface area contributed by atoms with Crippen LogP contribution in [0.4, 0.5) is 5.69 Å². The van der Waals surface area contributed by atoms with Crippen molar-refractivity contribution in [1.29, 1.82) is 0 Å². The topological polar surface area (TPSA) is 60.2 Å². The molecule has 1 saturated carbocycles. The van der Waals surface area contributed by atoms with Gasteiger partial charge in [-0.2, -0.15) is 0 Å². The molecule has 1 aliphatic carbocycles. The summed E-state index contributed by atoms with van der Waals surface area (Å²) in [6.45, 7) is 0. The molecule has 0 saturated heterocycles. The standard InChI is InChI=1S/C20H17NO3/c22-20-17(12-15-6-2-1-3-7-15)9-5-10-18(20)13-16-8-4-11-19(14-16)21(23)24/h1-4,6-8,11-14H,5,9-10H2/b17-12+,18-13+. The van der Waals surface area contributed by atoms with Gasteiger partial charge in [-0.3, -0.25) is 14.9 Å². The minimum absolute atomic E-state index is 0.0349. The van der Waals surface area contributed by atoms with Crippen LogP contribution in [0, 0.1) is 10.1 Å². The van der Waals surface area contributed by atoms with Gasteiger partial charge >= 0.3 is 0 Å². The highest BCUT2D eigenvalue weighted by Gasteiger charge is 2.20. The van der Waals surface area contributed by atoms with Gasteiger partial charge in [0.2, 0.25) is 0 Å². The van der Waals surface area contributed by atoms with Crippen LogP contribution in [0.2, 0.25) is 0 Å². The van der Waals surface area contributed by atoms with Crippen molar-refractivity contribution in [2.75, 3.05) is 0 Å². The molecule has 0 radical (unpaired) electrons. The highest BCUT2D eigenvalue weighted by molar-refractivity contribution is 6.13. The SMILES string of the molecule is O=C1/C(=C/c2ccccc2)CCC/C1=C\c1cccc([N+](=O)[O-])c1. The molecule has 0 aliphatic heterocycles. The van der Waals surface area contributed by atoms with Gasteiger partial charge in [-0.25, -0.2) is 0 Å². The molecule has 1 fully saturated rings. The Labute approximate surface area is 140 Å². The van der Waals surface area contributed by atoms with Crippen LogP contribution in [0.25, 0.3) is 12.2 Å². The molecule has 0 atom stereocenters. The van der Waals surface area contributed by atoms with Gasteiger partial charge in [-0.15, -0.1) is 0 Å². The van der Waals surface area contributed by atoms with Gasteiger partial charge in [-0.1, -0.05) is 42.5 Å². The first kappa shape index (κ1) is 15.9. The molecule has 120 valence electrons. The zero-order chi connectivity index (χ0) is 16.9. The number of carbonyl (C=O) groups is 1. The van der Waals surface area contributed by atoms with Gasteiger partial charge in [0, 0.05) is 23.3 Å². The fraction of sp³-hybridized carbons (Fsp3) is 0.150. The number of nitro groups is 1. The summed E-state index contributed by atoms with van der Waals surface area (Å²) in [4.78, 5) is 23.1. The summed E-state index contributed by atoms with van der Waals surface area (Å²) in [6.07, 6.45) is 6.08. The largest absolute Gasteiger partial charge is 0.289 e. The minimum atomic E-state index is -0.425. The van der Waals surface area contributed by atoms with E-state index in [1.165, 1.54) is 12.1 Å². The maximum Gasteiger partial charge on any atom is 0.270 e. The van der Waals surface area contributed by atoms with E-state index in [0.717, 1.165) is 24.0 Å². The number of allylic oxidation sites excluding steroid dienone is 2. The van der Waals surface area contributed by atoms with Crippen LogP contribution in [0.1, 0.15) is 30.4 Å². The van der Waals surface area contributed by atoms with Gasteiger partial charge < -0.3 is 0 Å². The van der Waals surface area contributed by atoms with Crippen molar-refractivity contribution in [3.8, 4) is 0 Å². The van der Waals surface area contributed by atoms with Crippen LogP contribution < -0.4 is 0 Å². The molecule has 2 aromatic rings. The molecule has 4 heteroatoms. The molecular formula is C20H17NO3. The molecule has 0 bridgehead atoms. The van der Waals surface area contributed by atoms with Crippen LogP contribution in [-0.4, -0.2) is 10.7 Å². The molecule has 3 rings (SSSR count). The third-order valence-corrected chi connectivity index (χ3v) is 4.04. The fourth-order valence-electron chi connectivity index (χ4n) is 2.86. The smallest absolute Gasteiger partial charge is 0.270 e. The number of carbonyl (C=O) groups excluding carboxylic acids is 1. The van der Waals surface area contributed by atoms with Gasteiger partial charge in [-0.05, 0) is 42.5 Å². The number of rotatable bonds is 3. The monoisotopic (exact) mass is 319 g/mol. The van der Waals surface area contributed by atoms with Gasteiger partial charge in [0.1, 0.15) is 0 Å². The molecule has 0 N–H and O–H groups in total. The van der Waals surface area contributed by atoms with E-state index in [1.807, 2.05) is 36.4 Å². The second kappa shape index (κ2) is 7.04. The van der Waals surface area contributed by atoms with Crippen LogP contribution in [0.15, 0.2) is 65.7 Å². The fourth-order valence-corrected chi connectivity index (χ4v) is 2.86. The average Bonchev–Trinajstić information content (AvgIpc) is 2.60. The lowest BCUT2D eigenvalue weighted by Crippen LogP contribution is -2.12. The molecule has 4 nitrogen and oxygen atoms in total. The highest BCUT2D eigenvalue weighted by Crippen LogP contribution is 2.28. The first-order chi connectivity index (χ1) is 11.6. The maximum atomic E-state index is 12.7. The van der Waals surface area contributed by atoms with E-state index < -0.39 is 4.92 Å². The number of hydrogen-bond acceptors (Lipinski definition) is 3. The molecule has 1 aliphatic rings. The lowest BCUT2D eigenvalue weighted by Gasteiger charge is -2.16.